The molecule has 5 aromatic rings. The van der Waals surface area contributed by atoms with Crippen molar-refractivity contribution in [1.29, 1.82) is 0 Å². The van der Waals surface area contributed by atoms with Crippen LogP contribution in [0.4, 0.5) is 17.1 Å². The second kappa shape index (κ2) is 15.4. The average Bonchev–Trinajstić information content (AvgIpc) is 3.07. The maximum Gasteiger partial charge on any atom is 0.243 e. The van der Waals surface area contributed by atoms with E-state index in [1.807, 2.05) is 48.5 Å². The zero-order valence-electron chi connectivity index (χ0n) is 25.0. The third kappa shape index (κ3) is 8.07. The quantitative estimate of drug-likeness (QED) is 0.0473. The molecular formula is C35H34N6O5. The minimum Gasteiger partial charge on any atom is -0.326 e. The van der Waals surface area contributed by atoms with Gasteiger partial charge in [-0.3, -0.25) is 34.4 Å². The van der Waals surface area contributed by atoms with Crippen molar-refractivity contribution in [3.05, 3.63) is 103 Å². The standard InChI is InChI=1S/C35H34N6O5/c42-29(15-3-1-2-4-16-30(43)41-46)38-26-19-17-23(18-20-26)31(34(44)39-27-13-5-9-24-11-7-21-36-32(24)27)35(45)40-28-14-6-10-25-12-8-22-37-33(25)28/h5-14,17-22,31,46H,1-4,15-16H2,(H,38,42)(H,39,44)(H,40,45)(H,41,43). The number of nitrogens with zero attached hydrogens (tertiary/aromatic N) is 2. The number of carbonyl (C=O) groups is 4. The van der Waals surface area contributed by atoms with E-state index in [4.69, 9.17) is 5.21 Å². The fraction of sp³-hybridized carbons (Fsp3) is 0.200. The van der Waals surface area contributed by atoms with Crippen molar-refractivity contribution >= 4 is 62.5 Å². The highest BCUT2D eigenvalue weighted by molar-refractivity contribution is 6.17. The van der Waals surface area contributed by atoms with E-state index in [1.54, 1.807) is 54.3 Å². The molecule has 3 aromatic carbocycles. The van der Waals surface area contributed by atoms with Gasteiger partial charge in [-0.05, 0) is 54.8 Å². The van der Waals surface area contributed by atoms with Gasteiger partial charge in [-0.15, -0.1) is 0 Å². The van der Waals surface area contributed by atoms with Crippen LogP contribution in [0.5, 0.6) is 0 Å². The molecule has 0 aliphatic rings. The molecule has 0 radical (unpaired) electrons. The monoisotopic (exact) mass is 618 g/mol. The van der Waals surface area contributed by atoms with Gasteiger partial charge in [0, 0.05) is 41.7 Å². The van der Waals surface area contributed by atoms with E-state index in [-0.39, 0.29) is 12.3 Å². The van der Waals surface area contributed by atoms with E-state index in [1.165, 1.54) is 0 Å². The zero-order chi connectivity index (χ0) is 32.3. The zero-order valence-corrected chi connectivity index (χ0v) is 25.0. The van der Waals surface area contributed by atoms with E-state index < -0.39 is 23.6 Å². The lowest BCUT2D eigenvalue weighted by molar-refractivity contribution is -0.129. The first-order valence-corrected chi connectivity index (χ1v) is 15.0. The van der Waals surface area contributed by atoms with E-state index in [2.05, 4.69) is 25.9 Å². The largest absolute Gasteiger partial charge is 0.326 e. The molecule has 11 nitrogen and oxygen atoms in total. The minimum atomic E-state index is -1.24. The number of carbonyl (C=O) groups excluding carboxylic acids is 4. The number of fused-ring (bicyclic) bond motifs is 2. The number of hydrogen-bond donors (Lipinski definition) is 5. The number of amides is 4. The number of unbranched alkanes of at least 4 members (excludes halogenated alkanes) is 3. The van der Waals surface area contributed by atoms with Crippen LogP contribution in [-0.4, -0.2) is 38.8 Å². The molecule has 0 spiro atoms. The molecule has 46 heavy (non-hydrogen) atoms. The van der Waals surface area contributed by atoms with Crippen LogP contribution in [0.25, 0.3) is 21.8 Å². The SMILES string of the molecule is O=C(CCCCCCC(=O)Nc1ccc(C(C(=O)Nc2cccc3cccnc23)C(=O)Nc2cccc3cccnc23)cc1)NO. The summed E-state index contributed by atoms with van der Waals surface area (Å²) < 4.78 is 0. The summed E-state index contributed by atoms with van der Waals surface area (Å²) in [5.41, 5.74) is 4.73. The van der Waals surface area contributed by atoms with E-state index in [0.717, 1.165) is 23.6 Å². The van der Waals surface area contributed by atoms with Crippen LogP contribution in [0.1, 0.15) is 50.0 Å². The number of nitrogens with one attached hydrogen (secondary N) is 4. The minimum absolute atomic E-state index is 0.167. The van der Waals surface area contributed by atoms with Gasteiger partial charge in [0.1, 0.15) is 5.92 Å². The predicted molar refractivity (Wildman–Crippen MR) is 176 cm³/mol. The summed E-state index contributed by atoms with van der Waals surface area (Å²) in [6.07, 6.45) is 6.65. The maximum absolute atomic E-state index is 13.8. The number of rotatable bonds is 13. The maximum atomic E-state index is 13.8. The Labute approximate surface area is 265 Å². The van der Waals surface area contributed by atoms with Crippen molar-refractivity contribution in [2.75, 3.05) is 16.0 Å². The molecule has 0 bridgehead atoms. The molecule has 0 atom stereocenters. The Kier molecular flexibility index (Phi) is 10.6. The summed E-state index contributed by atoms with van der Waals surface area (Å²) in [6.45, 7) is 0. The summed E-state index contributed by atoms with van der Waals surface area (Å²) in [4.78, 5) is 60.1. The van der Waals surface area contributed by atoms with E-state index in [0.29, 0.717) is 52.9 Å². The second-order valence-corrected chi connectivity index (χ2v) is 10.8. The number of anilines is 3. The van der Waals surface area contributed by atoms with Gasteiger partial charge in [0.2, 0.25) is 23.6 Å². The van der Waals surface area contributed by atoms with Crippen molar-refractivity contribution in [2.45, 2.75) is 44.4 Å². The van der Waals surface area contributed by atoms with Crippen LogP contribution < -0.4 is 21.4 Å². The van der Waals surface area contributed by atoms with Crippen LogP contribution in [0, 0.1) is 0 Å². The summed E-state index contributed by atoms with van der Waals surface area (Å²) >= 11 is 0. The Morgan fingerprint density at radius 2 is 1.09 bits per heavy atom. The molecule has 5 N–H and O–H groups in total. The van der Waals surface area contributed by atoms with E-state index in [9.17, 15) is 19.2 Å². The number of para-hydroxylation sites is 2. The van der Waals surface area contributed by atoms with Crippen molar-refractivity contribution in [3.63, 3.8) is 0 Å². The van der Waals surface area contributed by atoms with Gasteiger partial charge in [0.15, 0.2) is 0 Å². The molecule has 5 rings (SSSR count). The molecule has 0 saturated heterocycles. The molecule has 234 valence electrons. The average molecular weight is 619 g/mol. The van der Waals surface area contributed by atoms with Gasteiger partial charge in [-0.2, -0.15) is 0 Å². The van der Waals surface area contributed by atoms with Crippen molar-refractivity contribution in [1.82, 2.24) is 15.4 Å². The van der Waals surface area contributed by atoms with Crippen LogP contribution in [0.2, 0.25) is 0 Å². The third-order valence-corrected chi connectivity index (χ3v) is 7.52. The number of hydroxylamine groups is 1. The highest BCUT2D eigenvalue weighted by Gasteiger charge is 2.30. The third-order valence-electron chi connectivity index (χ3n) is 7.52. The Hall–Kier alpha value is -5.68. The molecule has 4 amide bonds. The predicted octanol–water partition coefficient (Wildman–Crippen LogP) is 5.93. The fourth-order valence-corrected chi connectivity index (χ4v) is 5.20. The first-order chi connectivity index (χ1) is 22.4. The summed E-state index contributed by atoms with van der Waals surface area (Å²) in [6, 6.07) is 24.9. The molecule has 0 fully saturated rings. The van der Waals surface area contributed by atoms with Crippen molar-refractivity contribution in [2.24, 2.45) is 0 Å². The lowest BCUT2D eigenvalue weighted by atomic mass is 9.96. The summed E-state index contributed by atoms with van der Waals surface area (Å²) in [5.74, 6) is -2.92. The molecule has 11 heteroatoms. The smallest absolute Gasteiger partial charge is 0.243 e. The van der Waals surface area contributed by atoms with Crippen LogP contribution >= 0.6 is 0 Å². The fourth-order valence-electron chi connectivity index (χ4n) is 5.20. The Balaban J connectivity index is 1.31. The lowest BCUT2D eigenvalue weighted by Crippen LogP contribution is -2.32. The van der Waals surface area contributed by atoms with Gasteiger partial charge in [-0.1, -0.05) is 61.4 Å². The highest BCUT2D eigenvalue weighted by atomic mass is 16.5. The Morgan fingerprint density at radius 3 is 1.61 bits per heavy atom. The molecule has 2 aromatic heterocycles. The number of pyridine rings is 2. The van der Waals surface area contributed by atoms with Crippen LogP contribution in [0.3, 0.4) is 0 Å². The van der Waals surface area contributed by atoms with Gasteiger partial charge in [0.05, 0.1) is 22.4 Å². The lowest BCUT2D eigenvalue weighted by Gasteiger charge is -2.19. The molecule has 0 saturated carbocycles. The highest BCUT2D eigenvalue weighted by Crippen LogP contribution is 2.27. The molecule has 0 aliphatic carbocycles. The van der Waals surface area contributed by atoms with Crippen LogP contribution in [0.15, 0.2) is 97.3 Å². The number of benzene rings is 3. The van der Waals surface area contributed by atoms with Gasteiger partial charge in [0.25, 0.3) is 0 Å². The van der Waals surface area contributed by atoms with E-state index >= 15 is 0 Å². The summed E-state index contributed by atoms with van der Waals surface area (Å²) in [5, 5.41) is 18.9. The van der Waals surface area contributed by atoms with Gasteiger partial charge >= 0.3 is 0 Å². The number of hydrogen-bond acceptors (Lipinski definition) is 7. The second-order valence-electron chi connectivity index (χ2n) is 10.8. The van der Waals surface area contributed by atoms with Crippen molar-refractivity contribution < 1.29 is 24.4 Å². The first kappa shape index (κ1) is 31.7. The topological polar surface area (TPSA) is 162 Å². The van der Waals surface area contributed by atoms with Crippen LogP contribution in [-0.2, 0) is 19.2 Å². The molecular weight excluding hydrogens is 584 g/mol. The van der Waals surface area contributed by atoms with Gasteiger partial charge < -0.3 is 16.0 Å². The Bertz CT molecular complexity index is 1760. The number of aromatic nitrogens is 2. The van der Waals surface area contributed by atoms with Gasteiger partial charge in [-0.25, -0.2) is 5.48 Å². The normalized spacial score (nSPS) is 10.9. The summed E-state index contributed by atoms with van der Waals surface area (Å²) in [7, 11) is 0. The molecule has 0 aliphatic heterocycles. The first-order valence-electron chi connectivity index (χ1n) is 15.0. The van der Waals surface area contributed by atoms with Crippen molar-refractivity contribution in [3.8, 4) is 0 Å². The molecule has 0 unspecified atom stereocenters. The Morgan fingerprint density at radius 1 is 0.587 bits per heavy atom. The molecule has 2 heterocycles.